The average molecular weight is 252 g/mol. The summed E-state index contributed by atoms with van der Waals surface area (Å²) >= 11 is 0. The van der Waals surface area contributed by atoms with Crippen LogP contribution in [-0.4, -0.2) is 51.7 Å². The highest BCUT2D eigenvalue weighted by Crippen LogP contribution is 2.27. The first-order valence-electron chi connectivity index (χ1n) is 6.46. The van der Waals surface area contributed by atoms with Crippen LogP contribution >= 0.6 is 0 Å². The maximum atomic E-state index is 5.97. The number of rotatable bonds is 3. The molecule has 2 aliphatic rings. The van der Waals surface area contributed by atoms with Crippen LogP contribution in [0.25, 0.3) is 0 Å². The minimum absolute atomic E-state index is 0.0570. The fraction of sp³-hybridized carbons (Fsp3) is 0.818. The molecule has 2 saturated heterocycles. The van der Waals surface area contributed by atoms with Crippen LogP contribution < -0.4 is 11.3 Å². The van der Waals surface area contributed by atoms with E-state index in [4.69, 9.17) is 10.6 Å². The predicted octanol–water partition coefficient (Wildman–Crippen LogP) is -0.817. The molecule has 0 radical (unpaired) electrons. The Hall–Kier alpha value is -1.02. The van der Waals surface area contributed by atoms with Gasteiger partial charge in [-0.25, -0.2) is 5.43 Å². The molecular formula is C11H20N6O. The molecule has 2 aliphatic heterocycles. The van der Waals surface area contributed by atoms with Gasteiger partial charge in [-0.15, -0.1) is 5.10 Å². The lowest BCUT2D eigenvalue weighted by Crippen LogP contribution is -2.52. The van der Waals surface area contributed by atoms with Crippen molar-refractivity contribution in [2.75, 3.05) is 19.7 Å². The van der Waals surface area contributed by atoms with Crippen molar-refractivity contribution in [3.05, 3.63) is 11.9 Å². The van der Waals surface area contributed by atoms with Crippen molar-refractivity contribution in [3.8, 4) is 0 Å². The molecule has 0 saturated carbocycles. The Morgan fingerprint density at radius 3 is 3.22 bits per heavy atom. The van der Waals surface area contributed by atoms with Gasteiger partial charge >= 0.3 is 0 Å². The predicted molar refractivity (Wildman–Crippen MR) is 65.4 cm³/mol. The summed E-state index contributed by atoms with van der Waals surface area (Å²) in [7, 11) is 1.87. The lowest BCUT2D eigenvalue weighted by Gasteiger charge is -2.38. The normalized spacial score (nSPS) is 30.3. The zero-order valence-corrected chi connectivity index (χ0v) is 10.6. The van der Waals surface area contributed by atoms with Gasteiger partial charge in [0.25, 0.3) is 0 Å². The summed E-state index contributed by atoms with van der Waals surface area (Å²) < 4.78 is 7.71. The van der Waals surface area contributed by atoms with Crippen molar-refractivity contribution in [2.24, 2.45) is 12.9 Å². The molecule has 3 unspecified atom stereocenters. The number of ether oxygens (including phenoxy) is 1. The van der Waals surface area contributed by atoms with E-state index in [1.165, 1.54) is 19.4 Å². The Bertz CT molecular complexity index is 408. The van der Waals surface area contributed by atoms with Crippen molar-refractivity contribution in [1.82, 2.24) is 25.3 Å². The number of aryl methyl sites for hydroxylation is 1. The molecule has 7 heteroatoms. The number of hydrogen-bond acceptors (Lipinski definition) is 6. The van der Waals surface area contributed by atoms with Crippen LogP contribution in [0.5, 0.6) is 0 Å². The maximum Gasteiger partial charge on any atom is 0.0925 e. The van der Waals surface area contributed by atoms with Crippen molar-refractivity contribution < 1.29 is 4.74 Å². The molecule has 1 aromatic heterocycles. The molecule has 18 heavy (non-hydrogen) atoms. The summed E-state index contributed by atoms with van der Waals surface area (Å²) in [6.07, 6.45) is 4.32. The molecule has 100 valence electrons. The Balaban J connectivity index is 1.74. The zero-order valence-electron chi connectivity index (χ0n) is 10.6. The second-order valence-electron chi connectivity index (χ2n) is 5.09. The van der Waals surface area contributed by atoms with Crippen LogP contribution in [-0.2, 0) is 11.8 Å². The molecular weight excluding hydrogens is 232 g/mol. The molecule has 0 spiro atoms. The molecule has 3 rings (SSSR count). The van der Waals surface area contributed by atoms with Gasteiger partial charge in [0.2, 0.25) is 0 Å². The Morgan fingerprint density at radius 1 is 1.61 bits per heavy atom. The second kappa shape index (κ2) is 4.93. The van der Waals surface area contributed by atoms with Crippen LogP contribution in [0.4, 0.5) is 0 Å². The summed E-state index contributed by atoms with van der Waals surface area (Å²) in [5.74, 6) is 5.68. The highest BCUT2D eigenvalue weighted by Gasteiger charge is 2.36. The number of morpholine rings is 1. The van der Waals surface area contributed by atoms with E-state index in [1.807, 2.05) is 7.05 Å². The third-order valence-electron chi connectivity index (χ3n) is 4.04. The first kappa shape index (κ1) is 12.0. The zero-order chi connectivity index (χ0) is 12.5. The number of hydrogen-bond donors (Lipinski definition) is 2. The first-order chi connectivity index (χ1) is 8.79. The average Bonchev–Trinajstić information content (AvgIpc) is 2.99. The largest absolute Gasteiger partial charge is 0.373 e. The van der Waals surface area contributed by atoms with Crippen LogP contribution in [0.15, 0.2) is 6.20 Å². The Kier molecular flexibility index (Phi) is 3.29. The molecule has 0 aliphatic carbocycles. The standard InChI is InChI=1S/C11H20N6O/c1-16-9(5-13-15-16)11(14-12)10-6-17-4-2-3-8(17)7-18-10/h5,8,10-11,14H,2-4,6-7,12H2,1H3. The van der Waals surface area contributed by atoms with Gasteiger partial charge in [-0.1, -0.05) is 5.21 Å². The van der Waals surface area contributed by atoms with Gasteiger partial charge in [0.1, 0.15) is 0 Å². The van der Waals surface area contributed by atoms with Crippen molar-refractivity contribution in [3.63, 3.8) is 0 Å². The molecule has 2 fully saturated rings. The number of hydrazine groups is 1. The summed E-state index contributed by atoms with van der Waals surface area (Å²) in [4.78, 5) is 2.50. The fourth-order valence-corrected chi connectivity index (χ4v) is 3.01. The fourth-order valence-electron chi connectivity index (χ4n) is 3.01. The van der Waals surface area contributed by atoms with Crippen molar-refractivity contribution in [1.29, 1.82) is 0 Å². The van der Waals surface area contributed by atoms with Crippen LogP contribution in [0.2, 0.25) is 0 Å². The van der Waals surface area contributed by atoms with E-state index in [2.05, 4.69) is 20.6 Å². The molecule has 3 heterocycles. The topological polar surface area (TPSA) is 81.2 Å². The highest BCUT2D eigenvalue weighted by molar-refractivity contribution is 5.06. The smallest absolute Gasteiger partial charge is 0.0925 e. The quantitative estimate of drug-likeness (QED) is 0.540. The monoisotopic (exact) mass is 252 g/mol. The highest BCUT2D eigenvalue weighted by atomic mass is 16.5. The number of fused-ring (bicyclic) bond motifs is 1. The molecule has 1 aromatic rings. The van der Waals surface area contributed by atoms with Gasteiger partial charge in [-0.05, 0) is 19.4 Å². The Morgan fingerprint density at radius 2 is 2.50 bits per heavy atom. The minimum atomic E-state index is -0.0634. The van der Waals surface area contributed by atoms with E-state index in [0.29, 0.717) is 6.04 Å². The maximum absolute atomic E-state index is 5.97. The molecule has 3 atom stereocenters. The summed E-state index contributed by atoms with van der Waals surface area (Å²) in [5.41, 5.74) is 3.80. The van der Waals surface area contributed by atoms with Crippen LogP contribution in [0.3, 0.4) is 0 Å². The number of nitrogens with two attached hydrogens (primary N) is 1. The van der Waals surface area contributed by atoms with Gasteiger partial charge in [0.05, 0.1) is 30.6 Å². The molecule has 7 nitrogen and oxygen atoms in total. The number of nitrogens with zero attached hydrogens (tertiary/aromatic N) is 4. The van der Waals surface area contributed by atoms with Gasteiger partial charge in [0.15, 0.2) is 0 Å². The van der Waals surface area contributed by atoms with E-state index in [1.54, 1.807) is 10.9 Å². The molecule has 3 N–H and O–H groups in total. The lowest BCUT2D eigenvalue weighted by atomic mass is 10.1. The molecule has 0 aromatic carbocycles. The first-order valence-corrected chi connectivity index (χ1v) is 6.46. The van der Waals surface area contributed by atoms with Gasteiger partial charge in [-0.2, -0.15) is 0 Å². The number of aromatic nitrogens is 3. The second-order valence-corrected chi connectivity index (χ2v) is 5.09. The van der Waals surface area contributed by atoms with E-state index < -0.39 is 0 Å². The summed E-state index contributed by atoms with van der Waals surface area (Å²) in [6, 6.07) is 0.538. The number of nitrogens with one attached hydrogen (secondary N) is 1. The summed E-state index contributed by atoms with van der Waals surface area (Å²) in [5, 5.41) is 7.85. The van der Waals surface area contributed by atoms with Gasteiger partial charge in [0, 0.05) is 19.6 Å². The van der Waals surface area contributed by atoms with Crippen LogP contribution in [0, 0.1) is 0 Å². The van der Waals surface area contributed by atoms with E-state index in [0.717, 1.165) is 18.8 Å². The molecule has 0 amide bonds. The van der Waals surface area contributed by atoms with E-state index in [9.17, 15) is 0 Å². The van der Waals surface area contributed by atoms with Crippen molar-refractivity contribution >= 4 is 0 Å². The van der Waals surface area contributed by atoms with E-state index in [-0.39, 0.29) is 12.1 Å². The van der Waals surface area contributed by atoms with E-state index >= 15 is 0 Å². The third-order valence-corrected chi connectivity index (χ3v) is 4.04. The SMILES string of the molecule is Cn1nncc1C(NN)C1CN2CCCC2CO1. The minimum Gasteiger partial charge on any atom is -0.373 e. The summed E-state index contributed by atoms with van der Waals surface area (Å²) in [6.45, 7) is 2.89. The third kappa shape index (κ3) is 2.03. The van der Waals surface area contributed by atoms with Gasteiger partial charge < -0.3 is 4.74 Å². The van der Waals surface area contributed by atoms with Gasteiger partial charge in [-0.3, -0.25) is 15.4 Å². The Labute approximate surface area is 106 Å². The van der Waals surface area contributed by atoms with Crippen LogP contribution in [0.1, 0.15) is 24.6 Å². The molecule has 0 bridgehead atoms. The van der Waals surface area contributed by atoms with Crippen molar-refractivity contribution in [2.45, 2.75) is 31.0 Å². The lowest BCUT2D eigenvalue weighted by molar-refractivity contribution is -0.0664.